The van der Waals surface area contributed by atoms with Crippen LogP contribution >= 0.6 is 0 Å². The molecular weight excluding hydrogens is 296 g/mol. The summed E-state index contributed by atoms with van der Waals surface area (Å²) in [6.45, 7) is 2.53. The number of nitrogens with zero attached hydrogens (tertiary/aromatic N) is 1. The molecule has 128 valence electrons. The van der Waals surface area contributed by atoms with E-state index in [1.807, 2.05) is 4.90 Å². The molecule has 4 aliphatic rings. The molecule has 0 unspecified atom stereocenters. The number of carbonyl (C=O) groups excluding carboxylic acids is 2. The predicted octanol–water partition coefficient (Wildman–Crippen LogP) is 1.19. The van der Waals surface area contributed by atoms with Crippen molar-refractivity contribution < 1.29 is 19.1 Å². The van der Waals surface area contributed by atoms with Crippen LogP contribution in [0.4, 0.5) is 0 Å². The third-order valence-electron chi connectivity index (χ3n) is 5.91. The maximum Gasteiger partial charge on any atom is 0.238 e. The van der Waals surface area contributed by atoms with E-state index < -0.39 is 11.2 Å². The van der Waals surface area contributed by atoms with Gasteiger partial charge in [0, 0.05) is 32.0 Å². The molecule has 6 nitrogen and oxygen atoms in total. The molecule has 2 aliphatic heterocycles. The fraction of sp³-hybridized carbons (Fsp3) is 0.882. The van der Waals surface area contributed by atoms with Crippen LogP contribution in [0.15, 0.2) is 0 Å². The smallest absolute Gasteiger partial charge is 0.238 e. The predicted molar refractivity (Wildman–Crippen MR) is 82.5 cm³/mol. The lowest BCUT2D eigenvalue weighted by Gasteiger charge is -2.38. The number of hydrogen-bond acceptors (Lipinski definition) is 4. The molecule has 0 bridgehead atoms. The normalized spacial score (nSPS) is 29.0. The molecule has 2 aliphatic carbocycles. The van der Waals surface area contributed by atoms with Crippen molar-refractivity contribution in [2.75, 3.05) is 26.3 Å². The lowest BCUT2D eigenvalue weighted by Crippen LogP contribution is -2.52. The third kappa shape index (κ3) is 2.76. The highest BCUT2D eigenvalue weighted by molar-refractivity contribution is 6.08. The number of piperidine rings is 1. The summed E-state index contributed by atoms with van der Waals surface area (Å²) in [5, 5.41) is 3.11. The summed E-state index contributed by atoms with van der Waals surface area (Å²) in [4.78, 5) is 27.3. The average Bonchev–Trinajstić information content (AvgIpc) is 2.99. The zero-order valence-corrected chi connectivity index (χ0v) is 13.6. The van der Waals surface area contributed by atoms with Gasteiger partial charge in [0.15, 0.2) is 5.79 Å². The van der Waals surface area contributed by atoms with Crippen molar-refractivity contribution in [1.82, 2.24) is 10.2 Å². The van der Waals surface area contributed by atoms with Crippen molar-refractivity contribution in [3.8, 4) is 0 Å². The number of hydrogen-bond donors (Lipinski definition) is 1. The number of ether oxygens (including phenoxy) is 2. The van der Waals surface area contributed by atoms with Gasteiger partial charge in [-0.05, 0) is 25.7 Å². The molecule has 0 aromatic heterocycles. The first-order valence-electron chi connectivity index (χ1n) is 9.02. The molecule has 2 heterocycles. The number of nitrogens with one attached hydrogen (secondary N) is 1. The van der Waals surface area contributed by atoms with Crippen LogP contribution in [0.25, 0.3) is 0 Å². The summed E-state index contributed by atoms with van der Waals surface area (Å²) in [7, 11) is 0. The molecule has 0 atom stereocenters. The van der Waals surface area contributed by atoms with Crippen LogP contribution < -0.4 is 5.32 Å². The Hall–Kier alpha value is -1.14. The zero-order chi connectivity index (χ0) is 15.9. The maximum atomic E-state index is 12.9. The van der Waals surface area contributed by atoms with Crippen LogP contribution in [0.2, 0.25) is 0 Å². The Morgan fingerprint density at radius 2 is 1.57 bits per heavy atom. The van der Waals surface area contributed by atoms with E-state index in [0.717, 1.165) is 12.8 Å². The second-order valence-corrected chi connectivity index (χ2v) is 7.44. The second kappa shape index (κ2) is 5.74. The van der Waals surface area contributed by atoms with Gasteiger partial charge in [0.1, 0.15) is 5.41 Å². The molecule has 1 spiro atoms. The van der Waals surface area contributed by atoms with Crippen LogP contribution in [-0.2, 0) is 19.1 Å². The van der Waals surface area contributed by atoms with Gasteiger partial charge in [-0.3, -0.25) is 9.59 Å². The van der Waals surface area contributed by atoms with E-state index >= 15 is 0 Å². The van der Waals surface area contributed by atoms with Crippen LogP contribution in [0.1, 0.15) is 51.4 Å². The lowest BCUT2D eigenvalue weighted by molar-refractivity contribution is -0.188. The Kier molecular flexibility index (Phi) is 3.84. The minimum atomic E-state index is -0.773. The van der Waals surface area contributed by atoms with Gasteiger partial charge in [0.2, 0.25) is 11.8 Å². The molecular formula is C17H26N2O4. The second-order valence-electron chi connectivity index (χ2n) is 7.44. The van der Waals surface area contributed by atoms with Crippen molar-refractivity contribution in [1.29, 1.82) is 0 Å². The van der Waals surface area contributed by atoms with Crippen LogP contribution in [0.3, 0.4) is 0 Å². The Morgan fingerprint density at radius 3 is 2.13 bits per heavy atom. The van der Waals surface area contributed by atoms with Gasteiger partial charge < -0.3 is 19.7 Å². The lowest BCUT2D eigenvalue weighted by atomic mass is 9.98. The molecule has 1 N–H and O–H groups in total. The fourth-order valence-corrected chi connectivity index (χ4v) is 4.20. The van der Waals surface area contributed by atoms with E-state index in [0.29, 0.717) is 52.0 Å². The highest BCUT2D eigenvalue weighted by Crippen LogP contribution is 2.48. The monoisotopic (exact) mass is 322 g/mol. The molecule has 4 fully saturated rings. The molecule has 0 aromatic rings. The minimum Gasteiger partial charge on any atom is -0.352 e. The summed E-state index contributed by atoms with van der Waals surface area (Å²) in [6, 6.07) is 0.276. The number of carbonyl (C=O) groups is 2. The number of likely N-dealkylation sites (tertiary alicyclic amines) is 1. The van der Waals surface area contributed by atoms with Gasteiger partial charge in [-0.25, -0.2) is 0 Å². The molecule has 0 radical (unpaired) electrons. The van der Waals surface area contributed by atoms with E-state index in [1.54, 1.807) is 0 Å². The molecule has 0 aromatic carbocycles. The van der Waals surface area contributed by atoms with E-state index in [9.17, 15) is 9.59 Å². The third-order valence-corrected chi connectivity index (χ3v) is 5.91. The van der Waals surface area contributed by atoms with Crippen molar-refractivity contribution >= 4 is 11.8 Å². The largest absolute Gasteiger partial charge is 0.352 e. The first-order valence-corrected chi connectivity index (χ1v) is 9.02. The van der Waals surface area contributed by atoms with Gasteiger partial charge in [0.05, 0.1) is 13.2 Å². The van der Waals surface area contributed by atoms with Crippen molar-refractivity contribution in [3.63, 3.8) is 0 Å². The Bertz CT molecular complexity index is 481. The molecule has 4 rings (SSSR count). The summed E-state index contributed by atoms with van der Waals surface area (Å²) >= 11 is 0. The molecule has 2 saturated heterocycles. The Morgan fingerprint density at radius 1 is 0.957 bits per heavy atom. The molecule has 23 heavy (non-hydrogen) atoms. The van der Waals surface area contributed by atoms with E-state index in [-0.39, 0.29) is 17.9 Å². The Balaban J connectivity index is 1.35. The molecule has 2 saturated carbocycles. The first kappa shape index (κ1) is 15.4. The summed E-state index contributed by atoms with van der Waals surface area (Å²) in [5.41, 5.74) is -0.773. The SMILES string of the molecule is O=C(NC1CCCC1)C1(C(=O)N2CCC3(CC2)OCCO3)CC1. The molecule has 6 heteroatoms. The Labute approximate surface area is 136 Å². The fourth-order valence-electron chi connectivity index (χ4n) is 4.20. The van der Waals surface area contributed by atoms with Gasteiger partial charge in [-0.15, -0.1) is 0 Å². The van der Waals surface area contributed by atoms with Gasteiger partial charge >= 0.3 is 0 Å². The molecule has 2 amide bonds. The topological polar surface area (TPSA) is 67.9 Å². The number of amides is 2. The van der Waals surface area contributed by atoms with E-state index in [4.69, 9.17) is 9.47 Å². The quantitative estimate of drug-likeness (QED) is 0.793. The van der Waals surface area contributed by atoms with Gasteiger partial charge in [0.25, 0.3) is 0 Å². The summed E-state index contributed by atoms with van der Waals surface area (Å²) in [5.74, 6) is -0.497. The zero-order valence-electron chi connectivity index (χ0n) is 13.6. The summed E-state index contributed by atoms with van der Waals surface area (Å²) < 4.78 is 11.4. The van der Waals surface area contributed by atoms with Crippen molar-refractivity contribution in [2.45, 2.75) is 63.2 Å². The first-order chi connectivity index (χ1) is 11.1. The van der Waals surface area contributed by atoms with Crippen LogP contribution in [0.5, 0.6) is 0 Å². The van der Waals surface area contributed by atoms with Crippen LogP contribution in [-0.4, -0.2) is 54.8 Å². The minimum absolute atomic E-state index is 0.0147. The van der Waals surface area contributed by atoms with Crippen molar-refractivity contribution in [3.05, 3.63) is 0 Å². The van der Waals surface area contributed by atoms with Crippen molar-refractivity contribution in [2.24, 2.45) is 5.41 Å². The van der Waals surface area contributed by atoms with E-state index in [1.165, 1.54) is 12.8 Å². The van der Waals surface area contributed by atoms with Gasteiger partial charge in [-0.1, -0.05) is 12.8 Å². The highest BCUT2D eigenvalue weighted by atomic mass is 16.7. The average molecular weight is 322 g/mol. The van der Waals surface area contributed by atoms with E-state index in [2.05, 4.69) is 5.32 Å². The standard InChI is InChI=1S/C17H26N2O4/c20-14(18-13-3-1-2-4-13)16(5-6-16)15(21)19-9-7-17(8-10-19)22-11-12-23-17/h13H,1-12H2,(H,18,20). The highest BCUT2D eigenvalue weighted by Gasteiger charge is 2.59. The summed E-state index contributed by atoms with van der Waals surface area (Å²) in [6.07, 6.45) is 7.27. The van der Waals surface area contributed by atoms with Crippen LogP contribution in [0, 0.1) is 5.41 Å². The maximum absolute atomic E-state index is 12.9. The number of rotatable bonds is 3. The van der Waals surface area contributed by atoms with Gasteiger partial charge in [-0.2, -0.15) is 0 Å².